The highest BCUT2D eigenvalue weighted by atomic mass is 16.5. The van der Waals surface area contributed by atoms with Gasteiger partial charge in [0.15, 0.2) is 0 Å². The number of ether oxygens (including phenoxy) is 1. The lowest BCUT2D eigenvalue weighted by atomic mass is 10.0. The van der Waals surface area contributed by atoms with Crippen LogP contribution in [0, 0.1) is 5.92 Å². The van der Waals surface area contributed by atoms with E-state index in [0.717, 1.165) is 17.8 Å². The third-order valence-electron chi connectivity index (χ3n) is 4.68. The zero-order chi connectivity index (χ0) is 17.6. The highest BCUT2D eigenvalue weighted by molar-refractivity contribution is 5.77. The van der Waals surface area contributed by atoms with Gasteiger partial charge in [-0.1, -0.05) is 30.3 Å². The standard InChI is InChI=1S/C18H24N4O3/c1-22-12-20-21-18(22)14-7-15(16(23)8-14)9-19-17(24)11-25-10-13-5-3-2-4-6-13/h2-6,12,14-16,23H,7-11H2,1H3,(H,19,24)/t14-,15+,16+/m0/s1. The molecule has 7 nitrogen and oxygen atoms in total. The molecule has 1 aliphatic rings. The second-order valence-corrected chi connectivity index (χ2v) is 6.58. The average molecular weight is 344 g/mol. The summed E-state index contributed by atoms with van der Waals surface area (Å²) in [5, 5.41) is 21.1. The Bertz CT molecular complexity index is 689. The number of carbonyl (C=O) groups excluding carboxylic acids is 1. The van der Waals surface area contributed by atoms with Crippen LogP contribution in [0.1, 0.15) is 30.1 Å². The van der Waals surface area contributed by atoms with E-state index in [1.807, 2.05) is 41.9 Å². The molecule has 0 unspecified atom stereocenters. The number of hydrogen-bond acceptors (Lipinski definition) is 5. The first-order valence-electron chi connectivity index (χ1n) is 8.54. The molecule has 1 aromatic carbocycles. The molecule has 7 heteroatoms. The van der Waals surface area contributed by atoms with E-state index in [2.05, 4.69) is 15.5 Å². The first-order chi connectivity index (χ1) is 12.1. The Kier molecular flexibility index (Phi) is 5.78. The van der Waals surface area contributed by atoms with E-state index in [1.54, 1.807) is 6.33 Å². The molecule has 3 rings (SSSR count). The number of hydrogen-bond donors (Lipinski definition) is 2. The van der Waals surface area contributed by atoms with Crippen molar-refractivity contribution in [3.05, 3.63) is 48.0 Å². The average Bonchev–Trinajstić information content (AvgIpc) is 3.19. The number of rotatable bonds is 7. The quantitative estimate of drug-likeness (QED) is 0.782. The second-order valence-electron chi connectivity index (χ2n) is 6.58. The summed E-state index contributed by atoms with van der Waals surface area (Å²) in [6, 6.07) is 9.73. The van der Waals surface area contributed by atoms with Crippen molar-refractivity contribution in [2.45, 2.75) is 31.5 Å². The van der Waals surface area contributed by atoms with E-state index < -0.39 is 6.10 Å². The van der Waals surface area contributed by atoms with Gasteiger partial charge in [0.1, 0.15) is 18.8 Å². The maximum atomic E-state index is 11.9. The van der Waals surface area contributed by atoms with E-state index in [9.17, 15) is 9.90 Å². The van der Waals surface area contributed by atoms with Crippen LogP contribution < -0.4 is 5.32 Å². The molecule has 0 bridgehead atoms. The molecular weight excluding hydrogens is 320 g/mol. The van der Waals surface area contributed by atoms with E-state index >= 15 is 0 Å². The van der Waals surface area contributed by atoms with Crippen LogP contribution in [0.25, 0.3) is 0 Å². The maximum absolute atomic E-state index is 11.9. The zero-order valence-corrected chi connectivity index (χ0v) is 14.3. The van der Waals surface area contributed by atoms with Crippen LogP contribution >= 0.6 is 0 Å². The van der Waals surface area contributed by atoms with Gasteiger partial charge in [-0.15, -0.1) is 10.2 Å². The van der Waals surface area contributed by atoms with E-state index in [4.69, 9.17) is 4.74 Å². The van der Waals surface area contributed by atoms with Crippen molar-refractivity contribution in [1.29, 1.82) is 0 Å². The van der Waals surface area contributed by atoms with Crippen LogP contribution in [0.2, 0.25) is 0 Å². The minimum Gasteiger partial charge on any atom is -0.393 e. The number of aromatic nitrogens is 3. The molecule has 1 saturated carbocycles. The lowest BCUT2D eigenvalue weighted by molar-refractivity contribution is -0.126. The van der Waals surface area contributed by atoms with Crippen LogP contribution in [0.5, 0.6) is 0 Å². The number of amides is 1. The molecule has 0 aliphatic heterocycles. The number of nitrogens with zero attached hydrogens (tertiary/aromatic N) is 3. The highest BCUT2D eigenvalue weighted by Gasteiger charge is 2.35. The van der Waals surface area contributed by atoms with Crippen LogP contribution in [-0.2, 0) is 23.2 Å². The van der Waals surface area contributed by atoms with Gasteiger partial charge in [0.2, 0.25) is 5.91 Å². The van der Waals surface area contributed by atoms with Crippen LogP contribution in [-0.4, -0.2) is 45.0 Å². The predicted molar refractivity (Wildman–Crippen MR) is 91.6 cm³/mol. The summed E-state index contributed by atoms with van der Waals surface area (Å²) in [7, 11) is 1.90. The van der Waals surface area contributed by atoms with Gasteiger partial charge in [0.25, 0.3) is 0 Å². The molecule has 0 saturated heterocycles. The Morgan fingerprint density at radius 2 is 2.16 bits per heavy atom. The first kappa shape index (κ1) is 17.6. The summed E-state index contributed by atoms with van der Waals surface area (Å²) in [6.45, 7) is 0.877. The molecule has 1 aliphatic carbocycles. The van der Waals surface area contributed by atoms with Crippen molar-refractivity contribution < 1.29 is 14.6 Å². The van der Waals surface area contributed by atoms with Crippen molar-refractivity contribution in [2.24, 2.45) is 13.0 Å². The summed E-state index contributed by atoms with van der Waals surface area (Å²) in [6.07, 6.45) is 2.67. The highest BCUT2D eigenvalue weighted by Crippen LogP contribution is 2.37. The fourth-order valence-corrected chi connectivity index (χ4v) is 3.33. The number of benzene rings is 1. The number of aliphatic hydroxyl groups excluding tert-OH is 1. The SMILES string of the molecule is Cn1cnnc1[C@H]1C[C@H](CNC(=O)COCc2ccccc2)[C@H](O)C1. The van der Waals surface area contributed by atoms with Crippen LogP contribution in [0.4, 0.5) is 0 Å². The van der Waals surface area contributed by atoms with E-state index in [1.165, 1.54) is 0 Å². The molecule has 3 atom stereocenters. The van der Waals surface area contributed by atoms with Crippen molar-refractivity contribution in [2.75, 3.05) is 13.2 Å². The third-order valence-corrected chi connectivity index (χ3v) is 4.68. The van der Waals surface area contributed by atoms with Crippen molar-refractivity contribution >= 4 is 5.91 Å². The Balaban J connectivity index is 1.39. The number of aryl methyl sites for hydroxylation is 1. The molecule has 134 valence electrons. The Hall–Kier alpha value is -2.25. The summed E-state index contributed by atoms with van der Waals surface area (Å²) < 4.78 is 7.31. The van der Waals surface area contributed by atoms with Crippen molar-refractivity contribution in [3.63, 3.8) is 0 Å². The largest absolute Gasteiger partial charge is 0.393 e. The minimum absolute atomic E-state index is 0.0183. The molecule has 1 amide bonds. The predicted octanol–water partition coefficient (Wildman–Crippen LogP) is 1.00. The minimum atomic E-state index is -0.438. The maximum Gasteiger partial charge on any atom is 0.246 e. The fraction of sp³-hybridized carbons (Fsp3) is 0.500. The van der Waals surface area contributed by atoms with Gasteiger partial charge in [-0.2, -0.15) is 0 Å². The fourth-order valence-electron chi connectivity index (χ4n) is 3.33. The molecular formula is C18H24N4O3. The smallest absolute Gasteiger partial charge is 0.246 e. The van der Waals surface area contributed by atoms with Gasteiger partial charge >= 0.3 is 0 Å². The topological polar surface area (TPSA) is 89.3 Å². The summed E-state index contributed by atoms with van der Waals surface area (Å²) in [5.41, 5.74) is 1.04. The summed E-state index contributed by atoms with van der Waals surface area (Å²) >= 11 is 0. The monoisotopic (exact) mass is 344 g/mol. The van der Waals surface area contributed by atoms with E-state index in [0.29, 0.717) is 19.6 Å². The number of nitrogens with one attached hydrogen (secondary N) is 1. The third kappa shape index (κ3) is 4.64. The molecule has 2 aromatic rings. The zero-order valence-electron chi connectivity index (χ0n) is 14.3. The Labute approximate surface area is 147 Å². The van der Waals surface area contributed by atoms with Gasteiger partial charge < -0.3 is 19.7 Å². The molecule has 2 N–H and O–H groups in total. The molecule has 0 radical (unpaired) electrons. The van der Waals surface area contributed by atoms with E-state index in [-0.39, 0.29) is 24.3 Å². The Morgan fingerprint density at radius 3 is 2.88 bits per heavy atom. The normalized spacial score (nSPS) is 22.9. The van der Waals surface area contributed by atoms with Crippen LogP contribution in [0.3, 0.4) is 0 Å². The van der Waals surface area contributed by atoms with Crippen molar-refractivity contribution in [3.8, 4) is 0 Å². The first-order valence-corrected chi connectivity index (χ1v) is 8.54. The lowest BCUT2D eigenvalue weighted by Gasteiger charge is -2.15. The Morgan fingerprint density at radius 1 is 1.36 bits per heavy atom. The molecule has 1 aromatic heterocycles. The van der Waals surface area contributed by atoms with Gasteiger partial charge in [-0.25, -0.2) is 0 Å². The van der Waals surface area contributed by atoms with Crippen molar-refractivity contribution in [1.82, 2.24) is 20.1 Å². The molecule has 1 fully saturated rings. The molecule has 25 heavy (non-hydrogen) atoms. The number of aliphatic hydroxyl groups is 1. The lowest BCUT2D eigenvalue weighted by Crippen LogP contribution is -2.34. The second kappa shape index (κ2) is 8.22. The van der Waals surface area contributed by atoms with Gasteiger partial charge in [-0.3, -0.25) is 4.79 Å². The van der Waals surface area contributed by atoms with Gasteiger partial charge in [0.05, 0.1) is 12.7 Å². The molecule has 0 spiro atoms. The molecule has 1 heterocycles. The summed E-state index contributed by atoms with van der Waals surface area (Å²) in [4.78, 5) is 11.9. The van der Waals surface area contributed by atoms with Crippen LogP contribution in [0.15, 0.2) is 36.7 Å². The van der Waals surface area contributed by atoms with Gasteiger partial charge in [-0.05, 0) is 18.4 Å². The number of carbonyl (C=O) groups is 1. The van der Waals surface area contributed by atoms with Gasteiger partial charge in [0, 0.05) is 25.4 Å². The summed E-state index contributed by atoms with van der Waals surface area (Å²) in [5.74, 6) is 0.933.